The van der Waals surface area contributed by atoms with Gasteiger partial charge in [0.1, 0.15) is 0 Å². The third-order valence-corrected chi connectivity index (χ3v) is 9.28. The molecule has 3 unspecified atom stereocenters. The molecule has 4 nitrogen and oxygen atoms in total. The second-order valence-corrected chi connectivity index (χ2v) is 9.85. The van der Waals surface area contributed by atoms with E-state index >= 15 is 0 Å². The summed E-state index contributed by atoms with van der Waals surface area (Å²) in [4.78, 5) is 11.8. The fourth-order valence-corrected chi connectivity index (χ4v) is 7.70. The Morgan fingerprint density at radius 3 is 2.46 bits per heavy atom. The molecule has 0 aliphatic heterocycles. The van der Waals surface area contributed by atoms with Crippen molar-refractivity contribution in [2.24, 2.45) is 40.2 Å². The van der Waals surface area contributed by atoms with Gasteiger partial charge in [-0.1, -0.05) is 13.8 Å². The van der Waals surface area contributed by atoms with Crippen molar-refractivity contribution in [2.75, 3.05) is 0 Å². The van der Waals surface area contributed by atoms with Crippen molar-refractivity contribution in [3.05, 3.63) is 0 Å². The summed E-state index contributed by atoms with van der Waals surface area (Å²) < 4.78 is 0. The number of hydrogen-bond donors (Lipinski definition) is 3. The molecule has 0 aromatic heterocycles. The van der Waals surface area contributed by atoms with Crippen LogP contribution in [0.1, 0.15) is 71.6 Å². The predicted molar refractivity (Wildman–Crippen MR) is 92.3 cm³/mol. The maximum Gasteiger partial charge on any atom is 0.307 e. The number of aliphatic hydroxyl groups is 1. The average Bonchev–Trinajstić information content (AvgIpc) is 2.80. The molecular formula is C20H33NO3. The van der Waals surface area contributed by atoms with Crippen LogP contribution in [0.3, 0.4) is 0 Å². The number of rotatable bonds is 1. The van der Waals surface area contributed by atoms with E-state index in [0.29, 0.717) is 17.8 Å². The van der Waals surface area contributed by atoms with Gasteiger partial charge in [-0.25, -0.2) is 0 Å². The van der Waals surface area contributed by atoms with E-state index in [0.717, 1.165) is 57.8 Å². The molecule has 8 atom stereocenters. The quantitative estimate of drug-likeness (QED) is 0.687. The second-order valence-electron chi connectivity index (χ2n) is 9.85. The van der Waals surface area contributed by atoms with Crippen LogP contribution in [0.25, 0.3) is 0 Å². The summed E-state index contributed by atoms with van der Waals surface area (Å²) in [5.41, 5.74) is 6.80. The molecule has 0 aromatic rings. The van der Waals surface area contributed by atoms with Crippen LogP contribution in [-0.4, -0.2) is 27.8 Å². The van der Waals surface area contributed by atoms with Crippen LogP contribution in [0.4, 0.5) is 0 Å². The number of aliphatic carboxylic acids is 1. The number of carbonyl (C=O) groups is 1. The maximum absolute atomic E-state index is 11.8. The first kappa shape index (κ1) is 16.8. The lowest BCUT2D eigenvalue weighted by molar-refractivity contribution is -0.157. The maximum atomic E-state index is 11.8. The van der Waals surface area contributed by atoms with Crippen molar-refractivity contribution >= 4 is 5.97 Å². The van der Waals surface area contributed by atoms with Crippen LogP contribution in [0, 0.1) is 34.5 Å². The zero-order valence-electron chi connectivity index (χ0n) is 15.1. The van der Waals surface area contributed by atoms with Gasteiger partial charge in [0.2, 0.25) is 0 Å². The first-order valence-electron chi connectivity index (χ1n) is 9.92. The van der Waals surface area contributed by atoms with Crippen LogP contribution in [0.5, 0.6) is 0 Å². The Labute approximate surface area is 145 Å². The minimum Gasteiger partial charge on any atom is -0.481 e. The molecule has 4 saturated carbocycles. The third kappa shape index (κ3) is 1.96. The highest BCUT2D eigenvalue weighted by Crippen LogP contribution is 2.68. The van der Waals surface area contributed by atoms with Crippen LogP contribution in [-0.2, 0) is 4.79 Å². The third-order valence-electron chi connectivity index (χ3n) is 9.28. The Kier molecular flexibility index (Phi) is 3.65. The van der Waals surface area contributed by atoms with E-state index in [1.54, 1.807) is 0 Å². The van der Waals surface area contributed by atoms with Gasteiger partial charge in [-0.15, -0.1) is 0 Å². The van der Waals surface area contributed by atoms with Gasteiger partial charge in [0.05, 0.1) is 12.0 Å². The van der Waals surface area contributed by atoms with Crippen LogP contribution >= 0.6 is 0 Å². The van der Waals surface area contributed by atoms with E-state index in [1.165, 1.54) is 0 Å². The topological polar surface area (TPSA) is 83.5 Å². The second kappa shape index (κ2) is 5.20. The first-order valence-corrected chi connectivity index (χ1v) is 9.92. The van der Waals surface area contributed by atoms with Gasteiger partial charge < -0.3 is 15.9 Å². The zero-order valence-corrected chi connectivity index (χ0v) is 15.1. The molecule has 4 heteroatoms. The number of carboxylic acid groups (broad SMARTS) is 1. The molecule has 136 valence electrons. The molecule has 0 amide bonds. The molecular weight excluding hydrogens is 302 g/mol. The van der Waals surface area contributed by atoms with Crippen molar-refractivity contribution in [1.82, 2.24) is 0 Å². The van der Waals surface area contributed by atoms with Gasteiger partial charge in [-0.3, -0.25) is 4.79 Å². The standard InChI is InChI=1S/C20H33NO3/c1-18-8-5-13(22)11-12(18)3-4-15-14(18)6-9-19(2)16(17(23)24)7-10-20(15,19)21/h12-16,22H,3-11,21H2,1-2H3,(H,23,24)/t12?,13?,14-,15+,16?,18-,19+,20+/m0/s1. The number of carboxylic acids is 1. The molecule has 0 aromatic carbocycles. The van der Waals surface area contributed by atoms with Gasteiger partial charge in [0, 0.05) is 5.54 Å². The van der Waals surface area contributed by atoms with Crippen LogP contribution in [0.15, 0.2) is 0 Å². The highest BCUT2D eigenvalue weighted by molar-refractivity contribution is 5.72. The molecule has 4 rings (SSSR count). The molecule has 0 bridgehead atoms. The number of nitrogens with two attached hydrogens (primary N) is 1. The van der Waals surface area contributed by atoms with Crippen molar-refractivity contribution in [1.29, 1.82) is 0 Å². The molecule has 0 radical (unpaired) electrons. The lowest BCUT2D eigenvalue weighted by Gasteiger charge is -2.64. The summed E-state index contributed by atoms with van der Waals surface area (Å²) >= 11 is 0. The van der Waals surface area contributed by atoms with Crippen LogP contribution in [0.2, 0.25) is 0 Å². The van der Waals surface area contributed by atoms with E-state index in [2.05, 4.69) is 13.8 Å². The molecule has 0 saturated heterocycles. The number of aliphatic hydroxyl groups excluding tert-OH is 1. The van der Waals surface area contributed by atoms with E-state index in [4.69, 9.17) is 5.73 Å². The van der Waals surface area contributed by atoms with Crippen molar-refractivity contribution < 1.29 is 15.0 Å². The van der Waals surface area contributed by atoms with Gasteiger partial charge in [0.25, 0.3) is 0 Å². The minimum absolute atomic E-state index is 0.122. The van der Waals surface area contributed by atoms with Gasteiger partial charge >= 0.3 is 5.97 Å². The molecule has 24 heavy (non-hydrogen) atoms. The monoisotopic (exact) mass is 335 g/mol. The normalized spacial score (nSPS) is 56.9. The SMILES string of the molecule is C[C@]12CCC(O)CC1CC[C@@H]1[C@@H]2CC[C@]2(C)C(C(=O)O)CC[C@@]12N. The van der Waals surface area contributed by atoms with Gasteiger partial charge in [-0.05, 0) is 86.4 Å². The lowest BCUT2D eigenvalue weighted by Crippen LogP contribution is -2.66. The van der Waals surface area contributed by atoms with E-state index in [1.807, 2.05) is 0 Å². The number of hydrogen-bond acceptors (Lipinski definition) is 3. The molecule has 4 aliphatic rings. The average molecular weight is 335 g/mol. The van der Waals surface area contributed by atoms with Gasteiger partial charge in [-0.2, -0.15) is 0 Å². The van der Waals surface area contributed by atoms with Gasteiger partial charge in [0.15, 0.2) is 0 Å². The molecule has 4 N–H and O–H groups in total. The Hall–Kier alpha value is -0.610. The summed E-state index contributed by atoms with van der Waals surface area (Å²) in [5.74, 6) is 0.754. The summed E-state index contributed by atoms with van der Waals surface area (Å²) in [7, 11) is 0. The zero-order chi connectivity index (χ0) is 17.3. The van der Waals surface area contributed by atoms with Crippen molar-refractivity contribution in [3.8, 4) is 0 Å². The fraction of sp³-hybridized carbons (Fsp3) is 0.950. The van der Waals surface area contributed by atoms with Crippen LogP contribution < -0.4 is 5.73 Å². The predicted octanol–water partition coefficient (Wildman–Crippen LogP) is 3.17. The Morgan fingerprint density at radius 2 is 1.75 bits per heavy atom. The fourth-order valence-electron chi connectivity index (χ4n) is 7.70. The molecule has 0 spiro atoms. The summed E-state index contributed by atoms with van der Waals surface area (Å²) in [6.45, 7) is 4.60. The largest absolute Gasteiger partial charge is 0.481 e. The highest BCUT2D eigenvalue weighted by atomic mass is 16.4. The lowest BCUT2D eigenvalue weighted by atomic mass is 9.42. The van der Waals surface area contributed by atoms with E-state index in [9.17, 15) is 15.0 Å². The molecule has 0 heterocycles. The molecule has 4 fully saturated rings. The minimum atomic E-state index is -0.649. The Bertz CT molecular complexity index is 551. The summed E-state index contributed by atoms with van der Waals surface area (Å²) in [5, 5.41) is 19.8. The number of fused-ring (bicyclic) bond motifs is 5. The highest BCUT2D eigenvalue weighted by Gasteiger charge is 2.67. The van der Waals surface area contributed by atoms with Crippen molar-refractivity contribution in [2.45, 2.75) is 83.3 Å². The summed E-state index contributed by atoms with van der Waals surface area (Å²) in [6.07, 6.45) is 8.81. The Balaban J connectivity index is 1.68. The molecule has 4 aliphatic carbocycles. The first-order chi connectivity index (χ1) is 11.2. The summed E-state index contributed by atoms with van der Waals surface area (Å²) in [6, 6.07) is 0. The van der Waals surface area contributed by atoms with E-state index in [-0.39, 0.29) is 28.4 Å². The van der Waals surface area contributed by atoms with Crippen molar-refractivity contribution in [3.63, 3.8) is 0 Å². The smallest absolute Gasteiger partial charge is 0.307 e. The Morgan fingerprint density at radius 1 is 1.00 bits per heavy atom. The van der Waals surface area contributed by atoms with E-state index < -0.39 is 5.97 Å².